The Hall–Kier alpha value is -2.15. The molecule has 0 bridgehead atoms. The summed E-state index contributed by atoms with van der Waals surface area (Å²) < 4.78 is 13.6. The summed E-state index contributed by atoms with van der Waals surface area (Å²) in [5.41, 5.74) is 0.0478. The second-order valence-corrected chi connectivity index (χ2v) is 8.84. The molecule has 1 heterocycles. The third kappa shape index (κ3) is 5.92. The van der Waals surface area contributed by atoms with Gasteiger partial charge in [-0.2, -0.15) is 0 Å². The Bertz CT molecular complexity index is 1010. The van der Waals surface area contributed by atoms with Crippen LogP contribution in [0.3, 0.4) is 0 Å². The molecule has 3 rings (SSSR count). The zero-order valence-corrected chi connectivity index (χ0v) is 18.6. The quantitative estimate of drug-likeness (QED) is 0.369. The van der Waals surface area contributed by atoms with Crippen LogP contribution in [0.2, 0.25) is 0 Å². The number of nitrogens with zero attached hydrogens (tertiary/aromatic N) is 2. The molecule has 0 spiro atoms. The van der Waals surface area contributed by atoms with Crippen molar-refractivity contribution in [1.29, 1.82) is 0 Å². The number of rotatable bonds is 10. The lowest BCUT2D eigenvalue weighted by Crippen LogP contribution is -2.15. The number of ether oxygens (including phenoxy) is 2. The molecule has 0 aliphatic heterocycles. The highest BCUT2D eigenvalue weighted by Crippen LogP contribution is 2.29. The molecule has 6 heteroatoms. The van der Waals surface area contributed by atoms with Gasteiger partial charge >= 0.3 is 0 Å². The standard InChI is InChI=1S/C23H30N2O3S/c1-24(2)11-5-13-27-17-8-10-21-20(15-17)23(26)19-9-7-18(16-22(19)29-21)28-14-6-12-25(3)4/h7-10,15-16H,5-6,11-14H2,1-4H3. The summed E-state index contributed by atoms with van der Waals surface area (Å²) in [6.45, 7) is 3.28. The highest BCUT2D eigenvalue weighted by atomic mass is 32.1. The van der Waals surface area contributed by atoms with Crippen molar-refractivity contribution in [2.45, 2.75) is 12.8 Å². The molecule has 0 aliphatic rings. The van der Waals surface area contributed by atoms with Crippen molar-refractivity contribution in [3.8, 4) is 11.5 Å². The largest absolute Gasteiger partial charge is 0.494 e. The molecular weight excluding hydrogens is 384 g/mol. The van der Waals surface area contributed by atoms with Gasteiger partial charge in [-0.1, -0.05) is 0 Å². The van der Waals surface area contributed by atoms with Gasteiger partial charge in [-0.15, -0.1) is 11.3 Å². The first kappa shape index (κ1) is 21.6. The zero-order chi connectivity index (χ0) is 20.8. The van der Waals surface area contributed by atoms with Gasteiger partial charge in [-0.25, -0.2) is 0 Å². The third-order valence-electron chi connectivity index (χ3n) is 4.65. The second kappa shape index (κ2) is 10.1. The smallest absolute Gasteiger partial charge is 0.196 e. The van der Waals surface area contributed by atoms with E-state index in [1.54, 1.807) is 11.3 Å². The molecule has 0 radical (unpaired) electrons. The molecule has 29 heavy (non-hydrogen) atoms. The predicted molar refractivity (Wildman–Crippen MR) is 123 cm³/mol. The SMILES string of the molecule is CN(C)CCCOc1ccc2c(=O)c3cc(OCCCN(C)C)ccc3sc2c1. The Morgan fingerprint density at radius 2 is 1.34 bits per heavy atom. The molecule has 0 amide bonds. The molecule has 0 fully saturated rings. The molecule has 156 valence electrons. The molecule has 0 atom stereocenters. The molecule has 1 aromatic heterocycles. The average molecular weight is 415 g/mol. The number of fused-ring (bicyclic) bond motifs is 2. The first-order valence-corrected chi connectivity index (χ1v) is 10.8. The summed E-state index contributed by atoms with van der Waals surface area (Å²) in [5.74, 6) is 1.56. The van der Waals surface area contributed by atoms with Gasteiger partial charge in [-0.05, 0) is 77.4 Å². The lowest BCUT2D eigenvalue weighted by Gasteiger charge is -2.11. The van der Waals surface area contributed by atoms with Crippen LogP contribution in [0.1, 0.15) is 12.8 Å². The highest BCUT2D eigenvalue weighted by molar-refractivity contribution is 7.24. The van der Waals surface area contributed by atoms with E-state index in [2.05, 4.69) is 23.9 Å². The van der Waals surface area contributed by atoms with Crippen LogP contribution in [0.4, 0.5) is 0 Å². The van der Waals surface area contributed by atoms with E-state index in [-0.39, 0.29) is 5.43 Å². The molecule has 2 aromatic carbocycles. The number of hydrogen-bond donors (Lipinski definition) is 0. The van der Waals surface area contributed by atoms with Crippen LogP contribution in [0.5, 0.6) is 11.5 Å². The van der Waals surface area contributed by atoms with Crippen molar-refractivity contribution in [3.63, 3.8) is 0 Å². The molecular formula is C23H30N2O3S. The highest BCUT2D eigenvalue weighted by Gasteiger charge is 2.09. The van der Waals surface area contributed by atoms with Crippen molar-refractivity contribution in [2.24, 2.45) is 0 Å². The van der Waals surface area contributed by atoms with Crippen LogP contribution in [0, 0.1) is 0 Å². The Morgan fingerprint density at radius 1 is 0.759 bits per heavy atom. The molecule has 3 aromatic rings. The zero-order valence-electron chi connectivity index (χ0n) is 17.7. The van der Waals surface area contributed by atoms with E-state index in [1.807, 2.05) is 50.5 Å². The van der Waals surface area contributed by atoms with E-state index in [0.29, 0.717) is 18.6 Å². The molecule has 0 aliphatic carbocycles. The van der Waals surface area contributed by atoms with Crippen LogP contribution >= 0.6 is 11.3 Å². The predicted octanol–water partition coefficient (Wildman–Crippen LogP) is 4.08. The van der Waals surface area contributed by atoms with Gasteiger partial charge in [0.15, 0.2) is 5.43 Å². The van der Waals surface area contributed by atoms with E-state index in [4.69, 9.17) is 9.47 Å². The van der Waals surface area contributed by atoms with Gasteiger partial charge < -0.3 is 19.3 Å². The summed E-state index contributed by atoms with van der Waals surface area (Å²) in [5, 5.41) is 1.44. The van der Waals surface area contributed by atoms with Crippen molar-refractivity contribution >= 4 is 31.5 Å². The summed E-state index contributed by atoms with van der Waals surface area (Å²) in [7, 11) is 8.21. The maximum absolute atomic E-state index is 13.0. The minimum Gasteiger partial charge on any atom is -0.494 e. The lowest BCUT2D eigenvalue weighted by atomic mass is 10.1. The molecule has 5 nitrogen and oxygen atoms in total. The summed E-state index contributed by atoms with van der Waals surface area (Å²) in [4.78, 5) is 17.3. The van der Waals surface area contributed by atoms with Crippen molar-refractivity contribution in [3.05, 3.63) is 46.6 Å². The minimum atomic E-state index is 0.0478. The second-order valence-electron chi connectivity index (χ2n) is 7.76. The fourth-order valence-electron chi connectivity index (χ4n) is 3.13. The first-order valence-electron chi connectivity index (χ1n) is 10.00. The van der Waals surface area contributed by atoms with Crippen molar-refractivity contribution in [1.82, 2.24) is 9.80 Å². The Kier molecular flexibility index (Phi) is 7.47. The van der Waals surface area contributed by atoms with Gasteiger partial charge in [-0.3, -0.25) is 4.79 Å². The number of benzene rings is 2. The molecule has 0 unspecified atom stereocenters. The monoisotopic (exact) mass is 414 g/mol. The van der Waals surface area contributed by atoms with Gasteiger partial charge in [0.1, 0.15) is 11.5 Å². The maximum atomic E-state index is 13.0. The normalized spacial score (nSPS) is 11.7. The molecule has 0 saturated carbocycles. The van der Waals surface area contributed by atoms with E-state index in [9.17, 15) is 4.79 Å². The van der Waals surface area contributed by atoms with Gasteiger partial charge in [0.25, 0.3) is 0 Å². The van der Waals surface area contributed by atoms with E-state index in [0.717, 1.165) is 52.2 Å². The fraction of sp³-hybridized carbons (Fsp3) is 0.435. The summed E-state index contributed by atoms with van der Waals surface area (Å²) in [6.07, 6.45) is 1.92. The van der Waals surface area contributed by atoms with E-state index >= 15 is 0 Å². The van der Waals surface area contributed by atoms with Crippen LogP contribution in [-0.2, 0) is 0 Å². The molecule has 0 N–H and O–H groups in total. The average Bonchev–Trinajstić information content (AvgIpc) is 2.68. The van der Waals surface area contributed by atoms with E-state index in [1.165, 1.54) is 0 Å². The van der Waals surface area contributed by atoms with Gasteiger partial charge in [0, 0.05) is 33.3 Å². The summed E-state index contributed by atoms with van der Waals surface area (Å²) in [6, 6.07) is 11.5. The number of hydrogen-bond acceptors (Lipinski definition) is 6. The van der Waals surface area contributed by atoms with Gasteiger partial charge in [0.2, 0.25) is 0 Å². The first-order chi connectivity index (χ1) is 13.9. The topological polar surface area (TPSA) is 42.0 Å². The van der Waals surface area contributed by atoms with Crippen LogP contribution in [0.25, 0.3) is 20.2 Å². The molecule has 0 saturated heterocycles. The summed E-state index contributed by atoms with van der Waals surface area (Å²) >= 11 is 1.61. The minimum absolute atomic E-state index is 0.0478. The Balaban J connectivity index is 1.77. The maximum Gasteiger partial charge on any atom is 0.196 e. The van der Waals surface area contributed by atoms with E-state index < -0.39 is 0 Å². The van der Waals surface area contributed by atoms with Crippen LogP contribution < -0.4 is 14.9 Å². The van der Waals surface area contributed by atoms with Crippen LogP contribution in [-0.4, -0.2) is 64.3 Å². The van der Waals surface area contributed by atoms with Crippen molar-refractivity contribution in [2.75, 3.05) is 54.5 Å². The Labute approximate surface area is 176 Å². The van der Waals surface area contributed by atoms with Crippen molar-refractivity contribution < 1.29 is 9.47 Å². The van der Waals surface area contributed by atoms with Gasteiger partial charge in [0.05, 0.1) is 13.2 Å². The lowest BCUT2D eigenvalue weighted by molar-refractivity contribution is 0.282. The third-order valence-corrected chi connectivity index (χ3v) is 5.78. The fourth-order valence-corrected chi connectivity index (χ4v) is 4.22. The van der Waals surface area contributed by atoms with Crippen LogP contribution in [0.15, 0.2) is 41.2 Å². The Morgan fingerprint density at radius 3 is 1.97 bits per heavy atom.